The normalized spacial score (nSPS) is 10.6. The second-order valence-electron chi connectivity index (χ2n) is 4.17. The van der Waals surface area contributed by atoms with Gasteiger partial charge in [-0.3, -0.25) is 4.79 Å². The second kappa shape index (κ2) is 5.63. The molecule has 1 aromatic carbocycles. The Labute approximate surface area is 130 Å². The number of benzene rings is 1. The van der Waals surface area contributed by atoms with Gasteiger partial charge >= 0.3 is 0 Å². The predicted octanol–water partition coefficient (Wildman–Crippen LogP) is 4.02. The number of hydrogen-bond acceptors (Lipinski definition) is 3. The Balaban J connectivity index is 1.97. The number of halogens is 2. The smallest absolute Gasteiger partial charge is 0.260 e. The topological polar surface area (TPSA) is 60.1 Å². The van der Waals surface area contributed by atoms with Crippen LogP contribution in [0.2, 0.25) is 10.2 Å². The first-order valence-corrected chi connectivity index (χ1v) is 6.74. The highest BCUT2D eigenvalue weighted by Crippen LogP contribution is 2.26. The maximum absolute atomic E-state index is 12.2. The van der Waals surface area contributed by atoms with Crippen molar-refractivity contribution in [3.63, 3.8) is 0 Å². The van der Waals surface area contributed by atoms with Crippen LogP contribution < -0.4 is 5.32 Å². The molecule has 0 aliphatic heterocycles. The minimum absolute atomic E-state index is 0.0372. The number of aromatic nitrogens is 2. The summed E-state index contributed by atoms with van der Waals surface area (Å²) in [5.41, 5.74) is 1.47. The van der Waals surface area contributed by atoms with Crippen LogP contribution in [0, 0.1) is 0 Å². The van der Waals surface area contributed by atoms with E-state index in [0.29, 0.717) is 16.4 Å². The first kappa shape index (κ1) is 13.7. The van der Waals surface area contributed by atoms with Crippen LogP contribution in [0.25, 0.3) is 5.69 Å². The number of nitrogens with one attached hydrogen (secondary N) is 1. The number of nitrogens with zero attached hydrogens (tertiary/aromatic N) is 2. The molecule has 7 heteroatoms. The zero-order valence-electron chi connectivity index (χ0n) is 10.6. The number of rotatable bonds is 3. The summed E-state index contributed by atoms with van der Waals surface area (Å²) in [7, 11) is 0. The number of amides is 1. The fraction of sp³-hybridized carbons (Fsp3) is 0. The number of hydrogen-bond donors (Lipinski definition) is 1. The van der Waals surface area contributed by atoms with Crippen molar-refractivity contribution in [2.24, 2.45) is 0 Å². The van der Waals surface area contributed by atoms with E-state index in [9.17, 15) is 4.79 Å². The van der Waals surface area contributed by atoms with Gasteiger partial charge in [0.1, 0.15) is 0 Å². The molecular weight excluding hydrogens is 313 g/mol. The summed E-state index contributed by atoms with van der Waals surface area (Å²) < 4.78 is 6.54. The van der Waals surface area contributed by atoms with E-state index in [1.54, 1.807) is 41.3 Å². The van der Waals surface area contributed by atoms with Crippen LogP contribution in [-0.4, -0.2) is 15.7 Å². The van der Waals surface area contributed by atoms with Gasteiger partial charge in [0.05, 0.1) is 23.2 Å². The summed E-state index contributed by atoms with van der Waals surface area (Å²) in [6.45, 7) is 0. The van der Waals surface area contributed by atoms with E-state index in [4.69, 9.17) is 27.6 Å². The molecule has 21 heavy (non-hydrogen) atoms. The van der Waals surface area contributed by atoms with E-state index >= 15 is 0 Å². The highest BCUT2D eigenvalue weighted by Gasteiger charge is 2.15. The van der Waals surface area contributed by atoms with Crippen LogP contribution in [0.3, 0.4) is 0 Å². The minimum atomic E-state index is -0.385. The van der Waals surface area contributed by atoms with Gasteiger partial charge in [0, 0.05) is 17.4 Å². The quantitative estimate of drug-likeness (QED) is 0.792. The molecule has 2 aromatic heterocycles. The Morgan fingerprint density at radius 1 is 1.29 bits per heavy atom. The predicted molar refractivity (Wildman–Crippen MR) is 80.2 cm³/mol. The van der Waals surface area contributed by atoms with Crippen molar-refractivity contribution in [2.45, 2.75) is 0 Å². The molecule has 0 fully saturated rings. The standard InChI is InChI=1S/C14H9Cl2N3O2/c15-9-2-3-12(19-6-1-5-17-19)11(8-9)18-14(20)10-4-7-21-13(10)16/h1-8H,(H,18,20). The molecule has 0 saturated carbocycles. The summed E-state index contributed by atoms with van der Waals surface area (Å²) >= 11 is 11.8. The van der Waals surface area contributed by atoms with Gasteiger partial charge in [-0.05, 0) is 41.9 Å². The molecule has 0 radical (unpaired) electrons. The maximum atomic E-state index is 12.2. The van der Waals surface area contributed by atoms with Crippen molar-refractivity contribution < 1.29 is 9.21 Å². The molecule has 5 nitrogen and oxygen atoms in total. The van der Waals surface area contributed by atoms with Crippen molar-refractivity contribution >= 4 is 34.8 Å². The highest BCUT2D eigenvalue weighted by atomic mass is 35.5. The van der Waals surface area contributed by atoms with Crippen LogP contribution in [0.15, 0.2) is 53.4 Å². The van der Waals surface area contributed by atoms with Crippen LogP contribution in [-0.2, 0) is 0 Å². The van der Waals surface area contributed by atoms with Crippen molar-refractivity contribution in [1.29, 1.82) is 0 Å². The largest absolute Gasteiger partial charge is 0.452 e. The Hall–Kier alpha value is -2.24. The molecule has 3 aromatic rings. The van der Waals surface area contributed by atoms with E-state index < -0.39 is 0 Å². The number of anilines is 1. The van der Waals surface area contributed by atoms with Crippen LogP contribution in [0.5, 0.6) is 0 Å². The molecule has 0 saturated heterocycles. The Kier molecular flexibility index (Phi) is 3.68. The lowest BCUT2D eigenvalue weighted by molar-refractivity contribution is 0.102. The Morgan fingerprint density at radius 3 is 2.81 bits per heavy atom. The number of carbonyl (C=O) groups excluding carboxylic acids is 1. The Morgan fingerprint density at radius 2 is 2.14 bits per heavy atom. The third-order valence-corrected chi connectivity index (χ3v) is 3.35. The van der Waals surface area contributed by atoms with Crippen LogP contribution in [0.1, 0.15) is 10.4 Å². The van der Waals surface area contributed by atoms with E-state index in [2.05, 4.69) is 10.4 Å². The SMILES string of the molecule is O=C(Nc1cc(Cl)ccc1-n1cccn1)c1ccoc1Cl. The zero-order chi connectivity index (χ0) is 14.8. The molecule has 1 amide bonds. The first-order valence-electron chi connectivity index (χ1n) is 5.99. The van der Waals surface area contributed by atoms with E-state index in [0.717, 1.165) is 0 Å². The molecule has 0 unspecified atom stereocenters. The lowest BCUT2D eigenvalue weighted by Crippen LogP contribution is -2.13. The molecule has 0 aliphatic carbocycles. The number of furan rings is 1. The minimum Gasteiger partial charge on any atom is -0.452 e. The lowest BCUT2D eigenvalue weighted by Gasteiger charge is -2.11. The van der Waals surface area contributed by atoms with Gasteiger partial charge in [-0.1, -0.05) is 11.6 Å². The summed E-state index contributed by atoms with van der Waals surface area (Å²) in [5, 5.41) is 7.43. The Bertz CT molecular complexity index is 781. The van der Waals surface area contributed by atoms with Crippen molar-refractivity contribution in [2.75, 3.05) is 5.32 Å². The van der Waals surface area contributed by atoms with Gasteiger partial charge in [-0.2, -0.15) is 5.10 Å². The van der Waals surface area contributed by atoms with Gasteiger partial charge in [0.2, 0.25) is 5.22 Å². The van der Waals surface area contributed by atoms with Gasteiger partial charge in [-0.25, -0.2) is 4.68 Å². The third kappa shape index (κ3) is 2.79. The lowest BCUT2D eigenvalue weighted by atomic mass is 10.2. The fourth-order valence-corrected chi connectivity index (χ4v) is 2.24. The molecule has 106 valence electrons. The van der Waals surface area contributed by atoms with Gasteiger partial charge < -0.3 is 9.73 Å². The van der Waals surface area contributed by atoms with E-state index in [1.165, 1.54) is 12.3 Å². The van der Waals surface area contributed by atoms with Crippen molar-refractivity contribution in [3.8, 4) is 5.69 Å². The highest BCUT2D eigenvalue weighted by molar-refractivity contribution is 6.33. The number of carbonyl (C=O) groups is 1. The van der Waals surface area contributed by atoms with Crippen LogP contribution >= 0.6 is 23.2 Å². The summed E-state index contributed by atoms with van der Waals surface area (Å²) in [4.78, 5) is 12.2. The molecule has 2 heterocycles. The average molecular weight is 322 g/mol. The first-order chi connectivity index (χ1) is 10.1. The van der Waals surface area contributed by atoms with E-state index in [-0.39, 0.29) is 16.7 Å². The molecule has 0 bridgehead atoms. The van der Waals surface area contributed by atoms with Crippen molar-refractivity contribution in [3.05, 3.63) is 64.8 Å². The van der Waals surface area contributed by atoms with E-state index in [1.807, 2.05) is 0 Å². The fourth-order valence-electron chi connectivity index (χ4n) is 1.86. The van der Waals surface area contributed by atoms with Gasteiger partial charge in [0.25, 0.3) is 5.91 Å². The summed E-state index contributed by atoms with van der Waals surface area (Å²) in [6, 6.07) is 8.41. The summed E-state index contributed by atoms with van der Waals surface area (Å²) in [6.07, 6.45) is 4.76. The second-order valence-corrected chi connectivity index (χ2v) is 4.95. The maximum Gasteiger partial charge on any atom is 0.260 e. The van der Waals surface area contributed by atoms with Crippen LogP contribution in [0.4, 0.5) is 5.69 Å². The third-order valence-electron chi connectivity index (χ3n) is 2.82. The molecular formula is C14H9Cl2N3O2. The molecule has 0 aliphatic rings. The molecule has 1 N–H and O–H groups in total. The van der Waals surface area contributed by atoms with Gasteiger partial charge in [0.15, 0.2) is 0 Å². The van der Waals surface area contributed by atoms with Crippen molar-refractivity contribution in [1.82, 2.24) is 9.78 Å². The monoisotopic (exact) mass is 321 g/mol. The zero-order valence-corrected chi connectivity index (χ0v) is 12.1. The molecule has 0 atom stereocenters. The molecule has 3 rings (SSSR count). The summed E-state index contributed by atoms with van der Waals surface area (Å²) in [5.74, 6) is -0.385. The molecule has 0 spiro atoms. The average Bonchev–Trinajstić information content (AvgIpc) is 3.10. The van der Waals surface area contributed by atoms with Gasteiger partial charge in [-0.15, -0.1) is 0 Å².